The Morgan fingerprint density at radius 2 is 1.46 bits per heavy atom. The molecule has 4 aromatic rings. The van der Waals surface area contributed by atoms with Gasteiger partial charge in [-0.15, -0.1) is 0 Å². The van der Waals surface area contributed by atoms with E-state index in [1.165, 1.54) is 0 Å². The van der Waals surface area contributed by atoms with Gasteiger partial charge in [0.25, 0.3) is 5.56 Å². The minimum Gasteiger partial charge on any atom is -0.288 e. The summed E-state index contributed by atoms with van der Waals surface area (Å²) in [5.41, 5.74) is 2.56. The van der Waals surface area contributed by atoms with E-state index in [-0.39, 0.29) is 5.56 Å². The lowest BCUT2D eigenvalue weighted by molar-refractivity contribution is 0.738. The summed E-state index contributed by atoms with van der Waals surface area (Å²) in [6.45, 7) is 0.411. The van der Waals surface area contributed by atoms with Gasteiger partial charge in [-0.05, 0) is 53.6 Å². The maximum Gasteiger partial charge on any atom is 0.261 e. The Balaban J connectivity index is 1.81. The summed E-state index contributed by atoms with van der Waals surface area (Å²) < 4.78 is 1.68. The van der Waals surface area contributed by atoms with Crippen LogP contribution in [0.2, 0.25) is 10.0 Å². The summed E-state index contributed by atoms with van der Waals surface area (Å²) in [6.07, 6.45) is 3.78. The minimum atomic E-state index is -0.0729. The average Bonchev–Trinajstić information content (AvgIpc) is 2.71. The van der Waals surface area contributed by atoms with Gasteiger partial charge in [-0.3, -0.25) is 9.36 Å². The topological polar surface area (TPSA) is 34.9 Å². The first kappa shape index (κ1) is 18.5. The molecule has 0 aliphatic heterocycles. The van der Waals surface area contributed by atoms with E-state index < -0.39 is 0 Å². The minimum absolute atomic E-state index is 0.0729. The van der Waals surface area contributed by atoms with E-state index in [1.54, 1.807) is 10.6 Å². The van der Waals surface area contributed by atoms with Crippen molar-refractivity contribution in [3.8, 4) is 0 Å². The molecule has 0 amide bonds. The number of hydrogen-bond donors (Lipinski definition) is 0. The van der Waals surface area contributed by atoms with Crippen LogP contribution >= 0.6 is 23.2 Å². The molecular weight excluding hydrogens is 391 g/mol. The van der Waals surface area contributed by atoms with Crippen LogP contribution in [0.15, 0.2) is 77.6 Å². The van der Waals surface area contributed by atoms with Gasteiger partial charge in [0.15, 0.2) is 0 Å². The zero-order chi connectivity index (χ0) is 19.5. The van der Waals surface area contributed by atoms with Crippen molar-refractivity contribution in [2.24, 2.45) is 0 Å². The first-order chi connectivity index (χ1) is 13.6. The largest absolute Gasteiger partial charge is 0.288 e. The molecule has 1 aromatic heterocycles. The molecule has 4 rings (SSSR count). The van der Waals surface area contributed by atoms with Crippen molar-refractivity contribution in [2.75, 3.05) is 0 Å². The third-order valence-corrected chi connectivity index (χ3v) is 4.94. The standard InChI is InChI=1S/C23H16Cl2N2O/c24-18-10-5-16(6-11-18)9-14-22-26-21-4-2-1-3-20(21)23(28)27(22)15-17-7-12-19(25)13-8-17/h1-14H,15H2. The van der Waals surface area contributed by atoms with E-state index in [0.717, 1.165) is 11.1 Å². The maximum atomic E-state index is 13.1. The van der Waals surface area contributed by atoms with Gasteiger partial charge in [0.1, 0.15) is 5.82 Å². The fourth-order valence-corrected chi connectivity index (χ4v) is 3.23. The Hall–Kier alpha value is -2.88. The van der Waals surface area contributed by atoms with Gasteiger partial charge in [0, 0.05) is 10.0 Å². The first-order valence-electron chi connectivity index (χ1n) is 8.78. The maximum absolute atomic E-state index is 13.1. The Labute approximate surface area is 172 Å². The van der Waals surface area contributed by atoms with Crippen molar-refractivity contribution in [3.63, 3.8) is 0 Å². The van der Waals surface area contributed by atoms with Gasteiger partial charge >= 0.3 is 0 Å². The Bertz CT molecular complexity index is 1210. The molecule has 3 nitrogen and oxygen atoms in total. The van der Waals surface area contributed by atoms with Gasteiger partial charge in [0.05, 0.1) is 17.4 Å². The van der Waals surface area contributed by atoms with Crippen LogP contribution in [0.3, 0.4) is 0 Å². The summed E-state index contributed by atoms with van der Waals surface area (Å²) >= 11 is 11.9. The second-order valence-corrected chi connectivity index (χ2v) is 7.26. The SMILES string of the molecule is O=c1c2ccccc2nc(C=Cc2ccc(Cl)cc2)n1Cc1ccc(Cl)cc1. The van der Waals surface area contributed by atoms with Crippen LogP contribution in [0.5, 0.6) is 0 Å². The van der Waals surface area contributed by atoms with Crippen molar-refractivity contribution in [3.05, 3.63) is 110 Å². The fraction of sp³-hybridized carbons (Fsp3) is 0.0435. The molecule has 0 atom stereocenters. The van der Waals surface area contributed by atoms with Gasteiger partial charge in [-0.25, -0.2) is 4.98 Å². The van der Waals surface area contributed by atoms with Gasteiger partial charge < -0.3 is 0 Å². The third-order valence-electron chi connectivity index (χ3n) is 4.44. The molecule has 0 fully saturated rings. The molecule has 0 aliphatic rings. The molecule has 0 radical (unpaired) electrons. The molecule has 28 heavy (non-hydrogen) atoms. The highest BCUT2D eigenvalue weighted by molar-refractivity contribution is 6.30. The molecule has 0 saturated carbocycles. The molecule has 0 unspecified atom stereocenters. The highest BCUT2D eigenvalue weighted by atomic mass is 35.5. The Morgan fingerprint density at radius 3 is 2.18 bits per heavy atom. The van der Waals surface area contributed by atoms with E-state index in [0.29, 0.717) is 33.3 Å². The number of aromatic nitrogens is 2. The van der Waals surface area contributed by atoms with E-state index in [1.807, 2.05) is 78.9 Å². The number of hydrogen-bond acceptors (Lipinski definition) is 2. The van der Waals surface area contributed by atoms with Crippen molar-refractivity contribution >= 4 is 46.3 Å². The number of para-hydroxylation sites is 1. The smallest absolute Gasteiger partial charge is 0.261 e. The quantitative estimate of drug-likeness (QED) is 0.421. The number of fused-ring (bicyclic) bond motifs is 1. The number of rotatable bonds is 4. The summed E-state index contributed by atoms with van der Waals surface area (Å²) in [4.78, 5) is 17.8. The zero-order valence-corrected chi connectivity index (χ0v) is 16.4. The monoisotopic (exact) mass is 406 g/mol. The van der Waals surface area contributed by atoms with Crippen LogP contribution in [-0.4, -0.2) is 9.55 Å². The second-order valence-electron chi connectivity index (χ2n) is 6.39. The highest BCUT2D eigenvalue weighted by Crippen LogP contribution is 2.16. The molecule has 0 spiro atoms. The lowest BCUT2D eigenvalue weighted by Gasteiger charge is -2.11. The van der Waals surface area contributed by atoms with E-state index >= 15 is 0 Å². The average molecular weight is 407 g/mol. The van der Waals surface area contributed by atoms with Gasteiger partial charge in [0.2, 0.25) is 0 Å². The van der Waals surface area contributed by atoms with E-state index in [2.05, 4.69) is 0 Å². The molecule has 0 bridgehead atoms. The number of benzene rings is 3. The van der Waals surface area contributed by atoms with Crippen LogP contribution in [0.4, 0.5) is 0 Å². The van der Waals surface area contributed by atoms with Gasteiger partial charge in [-0.1, -0.05) is 65.7 Å². The van der Waals surface area contributed by atoms with Crippen LogP contribution in [0.25, 0.3) is 23.1 Å². The molecule has 3 aromatic carbocycles. The molecule has 1 heterocycles. The Kier molecular flexibility index (Phi) is 5.29. The lowest BCUT2D eigenvalue weighted by Crippen LogP contribution is -2.24. The van der Waals surface area contributed by atoms with E-state index in [9.17, 15) is 4.79 Å². The lowest BCUT2D eigenvalue weighted by atomic mass is 10.2. The third kappa shape index (κ3) is 4.01. The summed E-state index contributed by atoms with van der Waals surface area (Å²) in [7, 11) is 0. The molecule has 0 N–H and O–H groups in total. The molecular formula is C23H16Cl2N2O. The summed E-state index contributed by atoms with van der Waals surface area (Å²) in [5.74, 6) is 0.591. The van der Waals surface area contributed by atoms with Crippen LogP contribution in [-0.2, 0) is 6.54 Å². The van der Waals surface area contributed by atoms with Crippen molar-refractivity contribution in [2.45, 2.75) is 6.54 Å². The molecule has 0 aliphatic carbocycles. The van der Waals surface area contributed by atoms with Crippen molar-refractivity contribution in [1.82, 2.24) is 9.55 Å². The normalized spacial score (nSPS) is 11.4. The van der Waals surface area contributed by atoms with Crippen LogP contribution in [0.1, 0.15) is 17.0 Å². The molecule has 5 heteroatoms. The zero-order valence-electron chi connectivity index (χ0n) is 14.8. The van der Waals surface area contributed by atoms with Crippen LogP contribution < -0.4 is 5.56 Å². The highest BCUT2D eigenvalue weighted by Gasteiger charge is 2.09. The number of halogens is 2. The van der Waals surface area contributed by atoms with Crippen LogP contribution in [0, 0.1) is 0 Å². The Morgan fingerprint density at radius 1 is 0.821 bits per heavy atom. The van der Waals surface area contributed by atoms with Gasteiger partial charge in [-0.2, -0.15) is 0 Å². The summed E-state index contributed by atoms with van der Waals surface area (Å²) in [5, 5.41) is 1.94. The predicted molar refractivity (Wildman–Crippen MR) is 117 cm³/mol. The first-order valence-corrected chi connectivity index (χ1v) is 9.53. The fourth-order valence-electron chi connectivity index (χ4n) is 2.98. The molecule has 0 saturated heterocycles. The molecule has 138 valence electrons. The second kappa shape index (κ2) is 8.01. The van der Waals surface area contributed by atoms with Crippen molar-refractivity contribution < 1.29 is 0 Å². The van der Waals surface area contributed by atoms with Crippen molar-refractivity contribution in [1.29, 1.82) is 0 Å². The number of nitrogens with zero attached hydrogens (tertiary/aromatic N) is 2. The predicted octanol–water partition coefficient (Wildman–Crippen LogP) is 5.92. The van der Waals surface area contributed by atoms with E-state index in [4.69, 9.17) is 28.2 Å². The summed E-state index contributed by atoms with van der Waals surface area (Å²) in [6, 6.07) is 22.3.